The molecule has 7 heteroatoms. The van der Waals surface area contributed by atoms with Gasteiger partial charge >= 0.3 is 0 Å². The summed E-state index contributed by atoms with van der Waals surface area (Å²) in [5.74, 6) is 0.187. The Morgan fingerprint density at radius 2 is 1.75 bits per heavy atom. The second kappa shape index (κ2) is 8.39. The third-order valence-corrected chi connectivity index (χ3v) is 4.54. The molecule has 2 N–H and O–H groups in total. The maximum Gasteiger partial charge on any atom is 0.220 e. The summed E-state index contributed by atoms with van der Waals surface area (Å²) in [5, 5.41) is 13.1. The second-order valence-electron chi connectivity index (χ2n) is 6.84. The molecule has 0 spiro atoms. The lowest BCUT2D eigenvalue weighted by Crippen LogP contribution is -2.38. The number of hydrogen-bond donors (Lipinski definition) is 2. The summed E-state index contributed by atoms with van der Waals surface area (Å²) < 4.78 is 23.9. The van der Waals surface area contributed by atoms with Crippen LogP contribution in [0.4, 0.5) is 4.39 Å². The number of hydrogen-bond acceptors (Lipinski definition) is 5. The highest BCUT2D eigenvalue weighted by molar-refractivity contribution is 5.98. The van der Waals surface area contributed by atoms with E-state index >= 15 is 0 Å². The molecule has 1 heterocycles. The van der Waals surface area contributed by atoms with Gasteiger partial charge in [0.25, 0.3) is 0 Å². The molecule has 1 amide bonds. The Kier molecular flexibility index (Phi) is 5.94. The summed E-state index contributed by atoms with van der Waals surface area (Å²) in [6, 6.07) is 10.4. The maximum atomic E-state index is 13.0. The summed E-state index contributed by atoms with van der Waals surface area (Å²) in [6.07, 6.45) is 0.0247. The van der Waals surface area contributed by atoms with E-state index in [1.54, 1.807) is 18.2 Å². The number of Topliss-reactive ketones (excluding diaryl/α,β-unsaturated/α-hetero) is 1. The van der Waals surface area contributed by atoms with Crippen molar-refractivity contribution in [3.63, 3.8) is 0 Å². The van der Waals surface area contributed by atoms with Crippen molar-refractivity contribution in [1.29, 1.82) is 0 Å². The standard InChI is InChI=1S/C21H22FNO5/c1-21(26,15-3-5-16(22)6-4-15)13-23-20(25)9-7-17(24)14-2-8-18-19(12-14)28-11-10-27-18/h2-6,8,12,26H,7,9-11,13H2,1H3,(H,23,25). The van der Waals surface area contributed by atoms with Gasteiger partial charge in [-0.25, -0.2) is 4.39 Å². The normalized spacial score (nSPS) is 14.8. The summed E-state index contributed by atoms with van der Waals surface area (Å²) in [6.45, 7) is 2.39. The molecule has 1 aliphatic heterocycles. The summed E-state index contributed by atoms with van der Waals surface area (Å²) in [4.78, 5) is 24.4. The molecule has 0 bridgehead atoms. The van der Waals surface area contributed by atoms with Gasteiger partial charge in [0, 0.05) is 18.4 Å². The van der Waals surface area contributed by atoms with Gasteiger partial charge in [0.1, 0.15) is 24.6 Å². The van der Waals surface area contributed by atoms with Crippen LogP contribution in [-0.4, -0.2) is 36.6 Å². The quantitative estimate of drug-likeness (QED) is 0.714. The van der Waals surface area contributed by atoms with Crippen LogP contribution in [0, 0.1) is 5.82 Å². The predicted molar refractivity (Wildman–Crippen MR) is 100.0 cm³/mol. The van der Waals surface area contributed by atoms with E-state index in [2.05, 4.69) is 5.32 Å². The molecular formula is C21H22FNO5. The highest BCUT2D eigenvalue weighted by Gasteiger charge is 2.24. The van der Waals surface area contributed by atoms with E-state index in [0.717, 1.165) is 0 Å². The molecule has 0 saturated carbocycles. The van der Waals surface area contributed by atoms with Crippen LogP contribution in [0.25, 0.3) is 0 Å². The van der Waals surface area contributed by atoms with Gasteiger partial charge in [-0.2, -0.15) is 0 Å². The van der Waals surface area contributed by atoms with Gasteiger partial charge < -0.3 is 19.9 Å². The SMILES string of the molecule is CC(O)(CNC(=O)CCC(=O)c1ccc2c(c1)OCCO2)c1ccc(F)cc1. The first-order chi connectivity index (χ1) is 13.3. The molecular weight excluding hydrogens is 365 g/mol. The molecule has 28 heavy (non-hydrogen) atoms. The number of nitrogens with one attached hydrogen (secondary N) is 1. The molecule has 1 atom stereocenters. The molecule has 0 saturated heterocycles. The molecule has 0 aliphatic carbocycles. The van der Waals surface area contributed by atoms with E-state index in [1.165, 1.54) is 31.2 Å². The zero-order chi connectivity index (χ0) is 20.1. The van der Waals surface area contributed by atoms with Gasteiger partial charge in [0.05, 0.1) is 6.54 Å². The molecule has 6 nitrogen and oxygen atoms in total. The molecule has 3 rings (SSSR count). The van der Waals surface area contributed by atoms with Crippen molar-refractivity contribution >= 4 is 11.7 Å². The molecule has 1 unspecified atom stereocenters. The topological polar surface area (TPSA) is 84.9 Å². The van der Waals surface area contributed by atoms with Crippen molar-refractivity contribution in [2.24, 2.45) is 0 Å². The number of carbonyl (C=O) groups is 2. The van der Waals surface area contributed by atoms with Crippen LogP contribution in [0.5, 0.6) is 11.5 Å². The van der Waals surface area contributed by atoms with E-state index in [-0.39, 0.29) is 31.1 Å². The number of halogens is 1. The number of amides is 1. The first-order valence-electron chi connectivity index (χ1n) is 9.03. The Labute approximate surface area is 162 Å². The van der Waals surface area contributed by atoms with Crippen molar-refractivity contribution in [3.05, 3.63) is 59.4 Å². The van der Waals surface area contributed by atoms with E-state index in [0.29, 0.717) is 35.8 Å². The zero-order valence-corrected chi connectivity index (χ0v) is 15.5. The number of ketones is 1. The molecule has 148 valence electrons. The van der Waals surface area contributed by atoms with Crippen molar-refractivity contribution < 1.29 is 28.6 Å². The van der Waals surface area contributed by atoms with Crippen LogP contribution in [0.15, 0.2) is 42.5 Å². The van der Waals surface area contributed by atoms with Crippen LogP contribution >= 0.6 is 0 Å². The third-order valence-electron chi connectivity index (χ3n) is 4.54. The number of fused-ring (bicyclic) bond motifs is 1. The van der Waals surface area contributed by atoms with Gasteiger partial charge in [-0.15, -0.1) is 0 Å². The first kappa shape index (κ1) is 19.8. The Balaban J connectivity index is 1.50. The summed E-state index contributed by atoms with van der Waals surface area (Å²) >= 11 is 0. The minimum absolute atomic E-state index is 0.00717. The molecule has 1 aliphatic rings. The molecule has 0 aromatic heterocycles. The fourth-order valence-corrected chi connectivity index (χ4v) is 2.86. The lowest BCUT2D eigenvalue weighted by Gasteiger charge is -2.24. The van der Waals surface area contributed by atoms with Crippen LogP contribution in [0.1, 0.15) is 35.7 Å². The van der Waals surface area contributed by atoms with E-state index in [9.17, 15) is 19.1 Å². The van der Waals surface area contributed by atoms with Crippen LogP contribution < -0.4 is 14.8 Å². The minimum atomic E-state index is -1.34. The van der Waals surface area contributed by atoms with Gasteiger partial charge in [-0.05, 0) is 42.8 Å². The van der Waals surface area contributed by atoms with E-state index < -0.39 is 11.4 Å². The van der Waals surface area contributed by atoms with Crippen LogP contribution in [-0.2, 0) is 10.4 Å². The average Bonchev–Trinajstić information content (AvgIpc) is 2.70. The lowest BCUT2D eigenvalue weighted by atomic mass is 9.96. The number of ether oxygens (including phenoxy) is 2. The summed E-state index contributed by atoms with van der Waals surface area (Å²) in [5.41, 5.74) is -0.402. The Morgan fingerprint density at radius 3 is 2.46 bits per heavy atom. The minimum Gasteiger partial charge on any atom is -0.486 e. The lowest BCUT2D eigenvalue weighted by molar-refractivity contribution is -0.122. The zero-order valence-electron chi connectivity index (χ0n) is 15.5. The Hall–Kier alpha value is -2.93. The van der Waals surface area contributed by atoms with Gasteiger partial charge in [-0.1, -0.05) is 12.1 Å². The maximum absolute atomic E-state index is 13.0. The fourth-order valence-electron chi connectivity index (χ4n) is 2.86. The highest BCUT2D eigenvalue weighted by Crippen LogP contribution is 2.31. The van der Waals surface area contributed by atoms with Gasteiger partial charge in [0.15, 0.2) is 17.3 Å². The average molecular weight is 387 g/mol. The summed E-state index contributed by atoms with van der Waals surface area (Å²) in [7, 11) is 0. The van der Waals surface area contributed by atoms with Gasteiger partial charge in [0.2, 0.25) is 5.91 Å². The smallest absolute Gasteiger partial charge is 0.220 e. The predicted octanol–water partition coefficient (Wildman–Crippen LogP) is 2.58. The molecule has 0 radical (unpaired) electrons. The molecule has 2 aromatic rings. The van der Waals surface area contributed by atoms with Crippen LogP contribution in [0.3, 0.4) is 0 Å². The highest BCUT2D eigenvalue weighted by atomic mass is 19.1. The molecule has 2 aromatic carbocycles. The number of aliphatic hydroxyl groups is 1. The van der Waals surface area contributed by atoms with Crippen molar-refractivity contribution in [2.45, 2.75) is 25.4 Å². The molecule has 0 fully saturated rings. The largest absolute Gasteiger partial charge is 0.486 e. The van der Waals surface area contributed by atoms with Crippen LogP contribution in [0.2, 0.25) is 0 Å². The Bertz CT molecular complexity index is 864. The van der Waals surface area contributed by atoms with Crippen molar-refractivity contribution in [1.82, 2.24) is 5.32 Å². The number of rotatable bonds is 7. The monoisotopic (exact) mass is 387 g/mol. The van der Waals surface area contributed by atoms with Crippen molar-refractivity contribution in [2.75, 3.05) is 19.8 Å². The van der Waals surface area contributed by atoms with E-state index in [4.69, 9.17) is 9.47 Å². The third kappa shape index (κ3) is 4.86. The fraction of sp³-hybridized carbons (Fsp3) is 0.333. The second-order valence-corrected chi connectivity index (χ2v) is 6.84. The number of carbonyl (C=O) groups excluding carboxylic acids is 2. The Morgan fingerprint density at radius 1 is 1.07 bits per heavy atom. The van der Waals surface area contributed by atoms with Gasteiger partial charge in [-0.3, -0.25) is 9.59 Å². The first-order valence-corrected chi connectivity index (χ1v) is 9.03. The van der Waals surface area contributed by atoms with E-state index in [1.807, 2.05) is 0 Å². The number of benzene rings is 2. The van der Waals surface area contributed by atoms with Crippen molar-refractivity contribution in [3.8, 4) is 11.5 Å².